The van der Waals surface area contributed by atoms with Gasteiger partial charge in [0, 0.05) is 36.8 Å². The van der Waals surface area contributed by atoms with Gasteiger partial charge in [0.2, 0.25) is 11.8 Å². The Bertz CT molecular complexity index is 681. The van der Waals surface area contributed by atoms with Crippen LogP contribution in [0.2, 0.25) is 0 Å². The van der Waals surface area contributed by atoms with Crippen LogP contribution in [0.4, 0.5) is 0 Å². The average molecular weight is 314 g/mol. The fourth-order valence-corrected chi connectivity index (χ4v) is 2.82. The number of hydrogen-bond donors (Lipinski definition) is 2. The number of ether oxygens (including phenoxy) is 1. The molecule has 0 radical (unpaired) electrons. The molecule has 0 aliphatic heterocycles. The van der Waals surface area contributed by atoms with E-state index >= 15 is 0 Å². The van der Waals surface area contributed by atoms with Gasteiger partial charge in [-0.25, -0.2) is 9.97 Å². The van der Waals surface area contributed by atoms with Crippen LogP contribution in [0.25, 0.3) is 0 Å². The second-order valence-corrected chi connectivity index (χ2v) is 6.15. The van der Waals surface area contributed by atoms with Gasteiger partial charge < -0.3 is 15.0 Å². The number of aryl methyl sites for hydroxylation is 1. The number of hydrogen-bond acceptors (Lipinski definition) is 4. The van der Waals surface area contributed by atoms with Gasteiger partial charge in [0.25, 0.3) is 0 Å². The van der Waals surface area contributed by atoms with Gasteiger partial charge in [-0.15, -0.1) is 0 Å². The zero-order chi connectivity index (χ0) is 16.2. The number of imidazole rings is 1. The topological polar surface area (TPSA) is 79.9 Å². The average Bonchev–Trinajstić information content (AvgIpc) is 3.00. The van der Waals surface area contributed by atoms with Gasteiger partial charge in [-0.1, -0.05) is 0 Å². The molecule has 0 spiro atoms. The van der Waals surface area contributed by atoms with E-state index in [9.17, 15) is 4.79 Å². The third-order valence-corrected chi connectivity index (χ3v) is 3.98. The van der Waals surface area contributed by atoms with E-state index in [0.717, 1.165) is 36.2 Å². The van der Waals surface area contributed by atoms with Crippen molar-refractivity contribution < 1.29 is 9.53 Å². The van der Waals surface area contributed by atoms with Crippen LogP contribution in [0.15, 0.2) is 24.7 Å². The fraction of sp³-hybridized carbons (Fsp3) is 0.471. The van der Waals surface area contributed by atoms with Crippen molar-refractivity contribution in [3.63, 3.8) is 0 Å². The summed E-state index contributed by atoms with van der Waals surface area (Å²) in [6.45, 7) is 4.41. The summed E-state index contributed by atoms with van der Waals surface area (Å²) >= 11 is 0. The van der Waals surface area contributed by atoms with Gasteiger partial charge in [-0.2, -0.15) is 0 Å². The zero-order valence-corrected chi connectivity index (χ0v) is 13.5. The molecule has 2 aromatic rings. The number of nitrogens with zero attached hydrogens (tertiary/aromatic N) is 2. The maximum atomic E-state index is 12.4. The van der Waals surface area contributed by atoms with Gasteiger partial charge in [0.1, 0.15) is 0 Å². The number of aromatic nitrogens is 3. The third-order valence-electron chi connectivity index (χ3n) is 3.98. The standard InChI is InChI=1S/C17H22N4O2/c1-11(2)23-16-7-12(5-6-18-16)9-19-17(22)13-3-4-14-15(8-13)21-10-20-14/h5-7,10-11,13H,3-4,8-9H2,1-2H3,(H,19,22)(H,20,21). The van der Waals surface area contributed by atoms with E-state index in [4.69, 9.17) is 4.74 Å². The van der Waals surface area contributed by atoms with Crippen molar-refractivity contribution in [1.29, 1.82) is 0 Å². The van der Waals surface area contributed by atoms with E-state index in [1.54, 1.807) is 12.5 Å². The van der Waals surface area contributed by atoms with Gasteiger partial charge in [-0.3, -0.25) is 4.79 Å². The molecule has 23 heavy (non-hydrogen) atoms. The molecule has 0 saturated carbocycles. The summed E-state index contributed by atoms with van der Waals surface area (Å²) in [7, 11) is 0. The van der Waals surface area contributed by atoms with Crippen molar-refractivity contribution in [2.45, 2.75) is 45.8 Å². The van der Waals surface area contributed by atoms with Gasteiger partial charge >= 0.3 is 0 Å². The minimum atomic E-state index is 0.0103. The van der Waals surface area contributed by atoms with E-state index in [0.29, 0.717) is 12.4 Å². The summed E-state index contributed by atoms with van der Waals surface area (Å²) in [6, 6.07) is 3.76. The molecule has 0 aromatic carbocycles. The van der Waals surface area contributed by atoms with Gasteiger partial charge in [0.15, 0.2) is 0 Å². The highest BCUT2D eigenvalue weighted by Crippen LogP contribution is 2.23. The molecule has 6 nitrogen and oxygen atoms in total. The van der Waals surface area contributed by atoms with Crippen LogP contribution in [0.1, 0.15) is 37.2 Å². The SMILES string of the molecule is CC(C)Oc1cc(CNC(=O)C2CCc3nc[nH]c3C2)ccn1. The highest BCUT2D eigenvalue weighted by Gasteiger charge is 2.25. The number of nitrogens with one attached hydrogen (secondary N) is 2. The number of amides is 1. The number of rotatable bonds is 5. The number of carbonyl (C=O) groups is 1. The van der Waals surface area contributed by atoms with Crippen LogP contribution >= 0.6 is 0 Å². The van der Waals surface area contributed by atoms with Crippen molar-refractivity contribution in [2.75, 3.05) is 0 Å². The molecule has 0 bridgehead atoms. The Kier molecular flexibility index (Phi) is 4.60. The van der Waals surface area contributed by atoms with Gasteiger partial charge in [-0.05, 0) is 38.3 Å². The molecule has 1 aliphatic rings. The molecule has 0 fully saturated rings. The maximum Gasteiger partial charge on any atom is 0.223 e. The lowest BCUT2D eigenvalue weighted by Crippen LogP contribution is -2.33. The highest BCUT2D eigenvalue weighted by atomic mass is 16.5. The number of H-pyrrole nitrogens is 1. The van der Waals surface area contributed by atoms with Gasteiger partial charge in [0.05, 0.1) is 18.1 Å². The minimum Gasteiger partial charge on any atom is -0.475 e. The molecule has 2 aromatic heterocycles. The van der Waals surface area contributed by atoms with Crippen molar-refractivity contribution >= 4 is 5.91 Å². The Morgan fingerprint density at radius 1 is 1.48 bits per heavy atom. The molecule has 3 rings (SSSR count). The summed E-state index contributed by atoms with van der Waals surface area (Å²) in [5, 5.41) is 3.02. The highest BCUT2D eigenvalue weighted by molar-refractivity contribution is 5.79. The zero-order valence-electron chi connectivity index (χ0n) is 13.5. The molecule has 1 amide bonds. The molecule has 1 aliphatic carbocycles. The largest absolute Gasteiger partial charge is 0.475 e. The van der Waals surface area contributed by atoms with Crippen LogP contribution in [0.3, 0.4) is 0 Å². The quantitative estimate of drug-likeness (QED) is 0.885. The van der Waals surface area contributed by atoms with E-state index in [-0.39, 0.29) is 17.9 Å². The lowest BCUT2D eigenvalue weighted by Gasteiger charge is -2.20. The lowest BCUT2D eigenvalue weighted by molar-refractivity contribution is -0.125. The predicted molar refractivity (Wildman–Crippen MR) is 86.0 cm³/mol. The number of fused-ring (bicyclic) bond motifs is 1. The molecular formula is C17H22N4O2. The second-order valence-electron chi connectivity index (χ2n) is 6.15. The maximum absolute atomic E-state index is 12.4. The molecule has 6 heteroatoms. The first-order chi connectivity index (χ1) is 11.1. The lowest BCUT2D eigenvalue weighted by atomic mass is 9.89. The molecule has 0 saturated heterocycles. The third kappa shape index (κ3) is 3.88. The minimum absolute atomic E-state index is 0.0103. The van der Waals surface area contributed by atoms with Crippen molar-refractivity contribution in [3.8, 4) is 5.88 Å². The van der Waals surface area contributed by atoms with E-state index in [2.05, 4.69) is 20.3 Å². The van der Waals surface area contributed by atoms with Crippen LogP contribution < -0.4 is 10.1 Å². The van der Waals surface area contributed by atoms with Crippen molar-refractivity contribution in [2.24, 2.45) is 5.92 Å². The summed E-state index contributed by atoms with van der Waals surface area (Å²) in [5.41, 5.74) is 3.17. The van der Waals surface area contributed by atoms with E-state index in [1.807, 2.05) is 26.0 Å². The molecule has 2 N–H and O–H groups in total. The van der Waals surface area contributed by atoms with Crippen molar-refractivity contribution in [1.82, 2.24) is 20.3 Å². The van der Waals surface area contributed by atoms with Crippen LogP contribution in [-0.2, 0) is 24.2 Å². The Balaban J connectivity index is 1.55. The number of aromatic amines is 1. The smallest absolute Gasteiger partial charge is 0.223 e. The predicted octanol–water partition coefficient (Wildman–Crippen LogP) is 2.01. The van der Waals surface area contributed by atoms with Crippen LogP contribution in [0, 0.1) is 5.92 Å². The monoisotopic (exact) mass is 314 g/mol. The van der Waals surface area contributed by atoms with Crippen LogP contribution in [0.5, 0.6) is 5.88 Å². The molecule has 1 unspecified atom stereocenters. The van der Waals surface area contributed by atoms with Crippen molar-refractivity contribution in [3.05, 3.63) is 41.6 Å². The molecular weight excluding hydrogens is 292 g/mol. The first kappa shape index (κ1) is 15.5. The molecule has 1 atom stereocenters. The summed E-state index contributed by atoms with van der Waals surface area (Å²) in [5.74, 6) is 0.691. The number of carbonyl (C=O) groups excluding carboxylic acids is 1. The summed E-state index contributed by atoms with van der Waals surface area (Å²) < 4.78 is 5.57. The number of pyridine rings is 1. The Morgan fingerprint density at radius 3 is 3.17 bits per heavy atom. The first-order valence-corrected chi connectivity index (χ1v) is 8.02. The second kappa shape index (κ2) is 6.81. The van der Waals surface area contributed by atoms with Crippen LogP contribution in [-0.4, -0.2) is 27.0 Å². The van der Waals surface area contributed by atoms with E-state index < -0.39 is 0 Å². The van der Waals surface area contributed by atoms with E-state index in [1.165, 1.54) is 0 Å². The fourth-order valence-electron chi connectivity index (χ4n) is 2.82. The molecule has 122 valence electrons. The Labute approximate surface area is 135 Å². The normalized spacial score (nSPS) is 16.9. The summed E-state index contributed by atoms with van der Waals surface area (Å²) in [4.78, 5) is 23.9. The molecule has 2 heterocycles. The summed E-state index contributed by atoms with van der Waals surface area (Å²) in [6.07, 6.45) is 5.94. The Morgan fingerprint density at radius 2 is 2.35 bits per heavy atom. The Hall–Kier alpha value is -2.37. The first-order valence-electron chi connectivity index (χ1n) is 8.02.